The van der Waals surface area contributed by atoms with Gasteiger partial charge >= 0.3 is 0 Å². The predicted molar refractivity (Wildman–Crippen MR) is 83.6 cm³/mol. The van der Waals surface area contributed by atoms with E-state index in [4.69, 9.17) is 5.73 Å². The fraction of sp³-hybridized carbons (Fsp3) is 0.500. The van der Waals surface area contributed by atoms with Gasteiger partial charge in [0, 0.05) is 17.1 Å². The summed E-state index contributed by atoms with van der Waals surface area (Å²) in [6.45, 7) is 2.28. The Hall–Kier alpha value is -1.84. The van der Waals surface area contributed by atoms with Crippen molar-refractivity contribution >= 4 is 22.4 Å². The van der Waals surface area contributed by atoms with Crippen LogP contribution in [0.25, 0.3) is 10.9 Å². The molecule has 0 saturated heterocycles. The van der Waals surface area contributed by atoms with Crippen LogP contribution < -0.4 is 11.1 Å². The summed E-state index contributed by atoms with van der Waals surface area (Å²) in [6.07, 6.45) is 8.06. The molecule has 1 aliphatic carbocycles. The van der Waals surface area contributed by atoms with Crippen molar-refractivity contribution in [1.29, 1.82) is 0 Å². The fourth-order valence-electron chi connectivity index (χ4n) is 3.25. The van der Waals surface area contributed by atoms with Gasteiger partial charge in [-0.15, -0.1) is 0 Å². The first kappa shape index (κ1) is 13.2. The summed E-state index contributed by atoms with van der Waals surface area (Å²) in [5.41, 5.74) is 7.60. The van der Waals surface area contributed by atoms with Crippen molar-refractivity contribution in [1.82, 2.24) is 9.97 Å². The van der Waals surface area contributed by atoms with Crippen LogP contribution in [0.4, 0.5) is 11.5 Å². The highest BCUT2D eigenvalue weighted by Gasteiger charge is 2.24. The molecule has 4 heteroatoms. The van der Waals surface area contributed by atoms with Crippen LogP contribution in [-0.4, -0.2) is 16.0 Å². The minimum absolute atomic E-state index is 0.522. The molecule has 1 saturated carbocycles. The molecule has 3 rings (SSSR count). The molecule has 0 radical (unpaired) electrons. The van der Waals surface area contributed by atoms with Crippen LogP contribution >= 0.6 is 0 Å². The molecule has 20 heavy (non-hydrogen) atoms. The lowest BCUT2D eigenvalue weighted by Gasteiger charge is -2.32. The van der Waals surface area contributed by atoms with E-state index in [1.54, 1.807) is 6.33 Å². The highest BCUT2D eigenvalue weighted by atomic mass is 15.0. The number of nitrogens with two attached hydrogens (primary N) is 1. The van der Waals surface area contributed by atoms with Gasteiger partial charge in [-0.25, -0.2) is 9.97 Å². The lowest BCUT2D eigenvalue weighted by Crippen LogP contribution is -2.32. The molecule has 4 nitrogen and oxygen atoms in total. The molecular formula is C16H22N4. The van der Waals surface area contributed by atoms with Crippen molar-refractivity contribution in [3.63, 3.8) is 0 Å². The number of anilines is 2. The first-order valence-corrected chi connectivity index (χ1v) is 7.54. The Morgan fingerprint density at radius 3 is 2.95 bits per heavy atom. The van der Waals surface area contributed by atoms with E-state index in [9.17, 15) is 0 Å². The molecule has 1 aliphatic rings. The van der Waals surface area contributed by atoms with Gasteiger partial charge in [0.05, 0.1) is 5.52 Å². The Labute approximate surface area is 119 Å². The maximum atomic E-state index is 5.90. The maximum absolute atomic E-state index is 5.90. The fourth-order valence-corrected chi connectivity index (χ4v) is 3.25. The van der Waals surface area contributed by atoms with Gasteiger partial charge < -0.3 is 11.1 Å². The zero-order valence-electron chi connectivity index (χ0n) is 12.0. The summed E-state index contributed by atoms with van der Waals surface area (Å²) >= 11 is 0. The summed E-state index contributed by atoms with van der Waals surface area (Å²) in [6, 6.07) is 6.32. The van der Waals surface area contributed by atoms with Gasteiger partial charge in [0.2, 0.25) is 0 Å². The lowest BCUT2D eigenvalue weighted by atomic mass is 9.83. The second-order valence-corrected chi connectivity index (χ2v) is 5.70. The van der Waals surface area contributed by atoms with Gasteiger partial charge in [-0.2, -0.15) is 0 Å². The molecule has 106 valence electrons. The second-order valence-electron chi connectivity index (χ2n) is 5.70. The number of fused-ring (bicyclic) bond motifs is 1. The summed E-state index contributed by atoms with van der Waals surface area (Å²) in [4.78, 5) is 8.74. The van der Waals surface area contributed by atoms with Crippen molar-refractivity contribution in [2.75, 3.05) is 11.1 Å². The molecule has 1 aromatic carbocycles. The first-order chi connectivity index (χ1) is 9.78. The Balaban J connectivity index is 1.91. The van der Waals surface area contributed by atoms with Crippen LogP contribution in [0.3, 0.4) is 0 Å². The van der Waals surface area contributed by atoms with E-state index in [0.717, 1.165) is 28.3 Å². The number of nitrogens with zero attached hydrogens (tertiary/aromatic N) is 2. The third-order valence-electron chi connectivity index (χ3n) is 4.41. The van der Waals surface area contributed by atoms with Gasteiger partial charge in [0.25, 0.3) is 0 Å². The Morgan fingerprint density at radius 2 is 2.10 bits per heavy atom. The zero-order chi connectivity index (χ0) is 13.9. The molecule has 0 spiro atoms. The Morgan fingerprint density at radius 1 is 1.25 bits per heavy atom. The summed E-state index contributed by atoms with van der Waals surface area (Å²) in [5, 5.41) is 4.67. The van der Waals surface area contributed by atoms with E-state index in [1.807, 2.05) is 18.2 Å². The van der Waals surface area contributed by atoms with Crippen molar-refractivity contribution in [2.45, 2.75) is 45.1 Å². The number of aromatic nitrogens is 2. The molecular weight excluding hydrogens is 248 g/mol. The van der Waals surface area contributed by atoms with Crippen LogP contribution in [0.1, 0.15) is 39.0 Å². The molecule has 0 aliphatic heterocycles. The van der Waals surface area contributed by atoms with Crippen LogP contribution in [0.2, 0.25) is 0 Å². The molecule has 2 aromatic rings. The summed E-state index contributed by atoms with van der Waals surface area (Å²) in [7, 11) is 0. The van der Waals surface area contributed by atoms with E-state index >= 15 is 0 Å². The van der Waals surface area contributed by atoms with Crippen molar-refractivity contribution < 1.29 is 0 Å². The molecule has 1 aromatic heterocycles. The van der Waals surface area contributed by atoms with Gasteiger partial charge in [-0.1, -0.05) is 26.2 Å². The van der Waals surface area contributed by atoms with Crippen molar-refractivity contribution in [3.8, 4) is 0 Å². The zero-order valence-corrected chi connectivity index (χ0v) is 12.0. The Kier molecular flexibility index (Phi) is 3.72. The number of hydrogen-bond donors (Lipinski definition) is 2. The van der Waals surface area contributed by atoms with E-state index < -0.39 is 0 Å². The number of nitrogens with one attached hydrogen (secondary N) is 1. The number of rotatable bonds is 3. The monoisotopic (exact) mass is 270 g/mol. The first-order valence-electron chi connectivity index (χ1n) is 7.54. The molecule has 2 unspecified atom stereocenters. The minimum Gasteiger partial charge on any atom is -0.399 e. The third-order valence-corrected chi connectivity index (χ3v) is 4.41. The highest BCUT2D eigenvalue weighted by molar-refractivity contribution is 5.91. The van der Waals surface area contributed by atoms with Crippen LogP contribution in [0, 0.1) is 5.92 Å². The minimum atomic E-state index is 0.522. The van der Waals surface area contributed by atoms with Gasteiger partial charge in [0.1, 0.15) is 12.1 Å². The van der Waals surface area contributed by atoms with Gasteiger partial charge in [-0.05, 0) is 37.0 Å². The van der Waals surface area contributed by atoms with Crippen LogP contribution in [0.5, 0.6) is 0 Å². The normalized spacial score (nSPS) is 22.9. The van der Waals surface area contributed by atoms with Crippen molar-refractivity contribution in [2.24, 2.45) is 5.92 Å². The van der Waals surface area contributed by atoms with Gasteiger partial charge in [0.15, 0.2) is 0 Å². The average molecular weight is 270 g/mol. The van der Waals surface area contributed by atoms with E-state index in [-0.39, 0.29) is 0 Å². The second kappa shape index (κ2) is 5.65. The van der Waals surface area contributed by atoms with E-state index in [0.29, 0.717) is 6.04 Å². The topological polar surface area (TPSA) is 63.8 Å². The SMILES string of the molecule is CCC1CCCCC1Nc1ncnc2ccc(N)cc12. The van der Waals surface area contributed by atoms with E-state index in [1.165, 1.54) is 32.1 Å². The molecule has 2 atom stereocenters. The molecule has 0 bridgehead atoms. The standard InChI is InChI=1S/C16H22N4/c1-2-11-5-3-4-6-14(11)20-16-13-9-12(17)7-8-15(13)18-10-19-16/h7-11,14H,2-6,17H2,1H3,(H,18,19,20). The van der Waals surface area contributed by atoms with Gasteiger partial charge in [-0.3, -0.25) is 0 Å². The summed E-state index contributed by atoms with van der Waals surface area (Å²) < 4.78 is 0. The smallest absolute Gasteiger partial charge is 0.137 e. The molecule has 3 N–H and O–H groups in total. The quantitative estimate of drug-likeness (QED) is 0.837. The third kappa shape index (κ3) is 2.55. The molecule has 0 amide bonds. The van der Waals surface area contributed by atoms with E-state index in [2.05, 4.69) is 22.2 Å². The number of nitrogen functional groups attached to an aromatic ring is 1. The predicted octanol–water partition coefficient (Wildman–Crippen LogP) is 3.59. The van der Waals surface area contributed by atoms with Crippen molar-refractivity contribution in [3.05, 3.63) is 24.5 Å². The highest BCUT2D eigenvalue weighted by Crippen LogP contribution is 2.31. The van der Waals surface area contributed by atoms with Crippen LogP contribution in [0.15, 0.2) is 24.5 Å². The summed E-state index contributed by atoms with van der Waals surface area (Å²) in [5.74, 6) is 1.67. The lowest BCUT2D eigenvalue weighted by molar-refractivity contribution is 0.317. The molecule has 1 fully saturated rings. The number of benzene rings is 1. The maximum Gasteiger partial charge on any atom is 0.137 e. The largest absolute Gasteiger partial charge is 0.399 e. The Bertz CT molecular complexity index is 596. The molecule has 1 heterocycles. The average Bonchev–Trinajstić information content (AvgIpc) is 2.48. The number of hydrogen-bond acceptors (Lipinski definition) is 4. The van der Waals surface area contributed by atoms with Crippen LogP contribution in [-0.2, 0) is 0 Å².